The predicted octanol–water partition coefficient (Wildman–Crippen LogP) is 0.834. The van der Waals surface area contributed by atoms with Gasteiger partial charge in [-0.05, 0) is 19.3 Å². The molecule has 0 radical (unpaired) electrons. The molecule has 18 heavy (non-hydrogen) atoms. The van der Waals surface area contributed by atoms with Gasteiger partial charge >= 0.3 is 0 Å². The van der Waals surface area contributed by atoms with E-state index in [1.807, 2.05) is 6.92 Å². The van der Waals surface area contributed by atoms with Crippen molar-refractivity contribution in [1.29, 1.82) is 0 Å². The third-order valence-corrected chi connectivity index (χ3v) is 3.69. The smallest absolute Gasteiger partial charge is 0.234 e. The monoisotopic (exact) mass is 257 g/mol. The lowest BCUT2D eigenvalue weighted by atomic mass is 9.83. The fraction of sp³-hybridized carbons (Fsp3) is 0.833. The van der Waals surface area contributed by atoms with Crippen LogP contribution in [-0.4, -0.2) is 36.7 Å². The molecule has 0 aliphatic heterocycles. The highest BCUT2D eigenvalue weighted by Gasteiger charge is 2.45. The van der Waals surface area contributed by atoms with E-state index in [0.717, 1.165) is 19.3 Å². The van der Waals surface area contributed by atoms with Gasteiger partial charge in [0.1, 0.15) is 5.41 Å². The SMILES string of the molecule is CCC(COC)NC(=O)C1(C(N)=NO)CCCC1. The number of nitrogens with one attached hydrogen (secondary N) is 1. The first kappa shape index (κ1) is 14.8. The molecule has 1 amide bonds. The number of oxime groups is 1. The summed E-state index contributed by atoms with van der Waals surface area (Å²) in [7, 11) is 1.60. The lowest BCUT2D eigenvalue weighted by Gasteiger charge is -2.28. The van der Waals surface area contributed by atoms with E-state index >= 15 is 0 Å². The van der Waals surface area contributed by atoms with E-state index in [1.54, 1.807) is 7.11 Å². The average molecular weight is 257 g/mol. The van der Waals surface area contributed by atoms with Gasteiger partial charge < -0.3 is 21.0 Å². The molecule has 0 bridgehead atoms. The van der Waals surface area contributed by atoms with Crippen molar-refractivity contribution in [3.63, 3.8) is 0 Å². The summed E-state index contributed by atoms with van der Waals surface area (Å²) in [5.41, 5.74) is 4.88. The van der Waals surface area contributed by atoms with Gasteiger partial charge in [-0.25, -0.2) is 0 Å². The summed E-state index contributed by atoms with van der Waals surface area (Å²) in [6.07, 6.45) is 3.90. The van der Waals surface area contributed by atoms with Crippen LogP contribution in [0.1, 0.15) is 39.0 Å². The molecule has 0 aromatic carbocycles. The maximum Gasteiger partial charge on any atom is 0.234 e. The van der Waals surface area contributed by atoms with E-state index in [2.05, 4.69) is 10.5 Å². The van der Waals surface area contributed by atoms with Crippen molar-refractivity contribution in [2.45, 2.75) is 45.1 Å². The molecule has 1 unspecified atom stereocenters. The predicted molar refractivity (Wildman–Crippen MR) is 68.4 cm³/mol. The number of nitrogens with zero attached hydrogens (tertiary/aromatic N) is 1. The van der Waals surface area contributed by atoms with Crippen LogP contribution in [0.4, 0.5) is 0 Å². The third-order valence-electron chi connectivity index (χ3n) is 3.69. The molecule has 6 nitrogen and oxygen atoms in total. The van der Waals surface area contributed by atoms with Crippen LogP contribution in [-0.2, 0) is 9.53 Å². The number of carbonyl (C=O) groups excluding carboxylic acids is 1. The average Bonchev–Trinajstić information content (AvgIpc) is 2.87. The summed E-state index contributed by atoms with van der Waals surface area (Å²) in [6.45, 7) is 2.45. The van der Waals surface area contributed by atoms with Crippen molar-refractivity contribution >= 4 is 11.7 Å². The molecule has 0 saturated heterocycles. The van der Waals surface area contributed by atoms with Crippen molar-refractivity contribution in [2.24, 2.45) is 16.3 Å². The van der Waals surface area contributed by atoms with Crippen molar-refractivity contribution in [1.82, 2.24) is 5.32 Å². The topological polar surface area (TPSA) is 96.9 Å². The van der Waals surface area contributed by atoms with Gasteiger partial charge in [0.2, 0.25) is 5.91 Å². The first-order valence-electron chi connectivity index (χ1n) is 6.38. The van der Waals surface area contributed by atoms with Crippen molar-refractivity contribution in [3.8, 4) is 0 Å². The first-order chi connectivity index (χ1) is 8.60. The lowest BCUT2D eigenvalue weighted by molar-refractivity contribution is -0.128. The summed E-state index contributed by atoms with van der Waals surface area (Å²) in [6, 6.07) is -0.0357. The van der Waals surface area contributed by atoms with E-state index in [9.17, 15) is 4.79 Å². The van der Waals surface area contributed by atoms with E-state index in [1.165, 1.54) is 0 Å². The van der Waals surface area contributed by atoms with Gasteiger partial charge in [0.25, 0.3) is 0 Å². The van der Waals surface area contributed by atoms with E-state index in [4.69, 9.17) is 15.7 Å². The normalized spacial score (nSPS) is 20.7. The number of rotatable bonds is 6. The number of ether oxygens (including phenoxy) is 1. The van der Waals surface area contributed by atoms with Crippen molar-refractivity contribution in [2.75, 3.05) is 13.7 Å². The van der Waals surface area contributed by atoms with Crippen LogP contribution < -0.4 is 11.1 Å². The number of hydrogen-bond acceptors (Lipinski definition) is 4. The largest absolute Gasteiger partial charge is 0.409 e. The molecule has 4 N–H and O–H groups in total. The standard InChI is InChI=1S/C12H23N3O3/c1-3-9(8-18-2)14-11(16)12(10(13)15-17)6-4-5-7-12/h9,17H,3-8H2,1-2H3,(H2,13,15)(H,14,16). The molecule has 0 aromatic heterocycles. The minimum Gasteiger partial charge on any atom is -0.409 e. The van der Waals surface area contributed by atoms with E-state index in [-0.39, 0.29) is 17.8 Å². The summed E-state index contributed by atoms with van der Waals surface area (Å²) in [4.78, 5) is 12.4. The van der Waals surface area contributed by atoms with Gasteiger partial charge in [-0.2, -0.15) is 0 Å². The Hall–Kier alpha value is -1.30. The summed E-state index contributed by atoms with van der Waals surface area (Å²) in [5, 5.41) is 14.8. The Morgan fingerprint density at radius 3 is 2.61 bits per heavy atom. The maximum atomic E-state index is 12.4. The number of methoxy groups -OCH3 is 1. The van der Waals surface area contributed by atoms with Crippen LogP contribution in [0.5, 0.6) is 0 Å². The number of hydrogen-bond donors (Lipinski definition) is 3. The lowest BCUT2D eigenvalue weighted by Crippen LogP contribution is -2.51. The van der Waals surface area contributed by atoms with Crippen LogP contribution in [0, 0.1) is 5.41 Å². The Kier molecular flexibility index (Phi) is 5.40. The maximum absolute atomic E-state index is 12.4. The van der Waals surface area contributed by atoms with Gasteiger partial charge in [0.15, 0.2) is 5.84 Å². The van der Waals surface area contributed by atoms with Gasteiger partial charge in [-0.1, -0.05) is 24.9 Å². The van der Waals surface area contributed by atoms with Gasteiger partial charge in [-0.15, -0.1) is 0 Å². The molecule has 1 aliphatic rings. The van der Waals surface area contributed by atoms with Crippen LogP contribution in [0.15, 0.2) is 5.16 Å². The zero-order chi connectivity index (χ0) is 13.6. The highest BCUT2D eigenvalue weighted by molar-refractivity contribution is 6.07. The molecule has 0 heterocycles. The van der Waals surface area contributed by atoms with Gasteiger partial charge in [-0.3, -0.25) is 4.79 Å². The Balaban J connectivity index is 2.78. The Morgan fingerprint density at radius 1 is 1.56 bits per heavy atom. The van der Waals surface area contributed by atoms with Crippen LogP contribution in [0.25, 0.3) is 0 Å². The quantitative estimate of drug-likeness (QED) is 0.284. The van der Waals surface area contributed by atoms with Crippen LogP contribution >= 0.6 is 0 Å². The first-order valence-corrected chi connectivity index (χ1v) is 6.38. The highest BCUT2D eigenvalue weighted by atomic mass is 16.5. The second-order valence-corrected chi connectivity index (χ2v) is 4.81. The van der Waals surface area contributed by atoms with Crippen molar-refractivity contribution < 1.29 is 14.7 Å². The molecule has 0 spiro atoms. The molecule has 1 rings (SSSR count). The molecule has 0 aromatic rings. The zero-order valence-corrected chi connectivity index (χ0v) is 11.1. The number of amides is 1. The molecule has 1 fully saturated rings. The van der Waals surface area contributed by atoms with Gasteiger partial charge in [0.05, 0.1) is 12.6 Å². The molecule has 1 saturated carbocycles. The molecular weight excluding hydrogens is 234 g/mol. The molecule has 6 heteroatoms. The molecule has 1 aliphatic carbocycles. The summed E-state index contributed by atoms with van der Waals surface area (Å²) < 4.78 is 5.05. The molecular formula is C12H23N3O3. The van der Waals surface area contributed by atoms with E-state index < -0.39 is 5.41 Å². The molecule has 1 atom stereocenters. The van der Waals surface area contributed by atoms with Crippen LogP contribution in [0.3, 0.4) is 0 Å². The number of carbonyl (C=O) groups is 1. The van der Waals surface area contributed by atoms with Crippen LogP contribution in [0.2, 0.25) is 0 Å². The van der Waals surface area contributed by atoms with Crippen molar-refractivity contribution in [3.05, 3.63) is 0 Å². The fourth-order valence-corrected chi connectivity index (χ4v) is 2.46. The number of nitrogens with two attached hydrogens (primary N) is 1. The Labute approximate surface area is 108 Å². The Bertz CT molecular complexity index is 312. The summed E-state index contributed by atoms with van der Waals surface area (Å²) in [5.74, 6) is -0.135. The second kappa shape index (κ2) is 6.58. The van der Waals surface area contributed by atoms with Gasteiger partial charge in [0, 0.05) is 7.11 Å². The third kappa shape index (κ3) is 2.93. The second-order valence-electron chi connectivity index (χ2n) is 4.81. The minimum atomic E-state index is -0.837. The Morgan fingerprint density at radius 2 is 2.17 bits per heavy atom. The van der Waals surface area contributed by atoms with E-state index in [0.29, 0.717) is 19.4 Å². The zero-order valence-electron chi connectivity index (χ0n) is 11.1. The summed E-state index contributed by atoms with van der Waals surface area (Å²) >= 11 is 0. The molecule has 104 valence electrons. The minimum absolute atomic E-state index is 0.0183. The fourth-order valence-electron chi connectivity index (χ4n) is 2.46. The highest BCUT2D eigenvalue weighted by Crippen LogP contribution is 2.38. The number of amidine groups is 1.